The number of nitrogens with one attached hydrogen (secondary N) is 1. The maximum atomic E-state index is 12.5. The molecule has 0 heterocycles. The monoisotopic (exact) mass is 1130 g/mol. The fraction of sp³-hybridized carbons (Fsp3) is 0.919. The highest BCUT2D eigenvalue weighted by molar-refractivity contribution is 5.76. The molecule has 0 saturated carbocycles. The molecule has 0 spiro atoms. The molecule has 6 heteroatoms. The lowest BCUT2D eigenvalue weighted by atomic mass is 10.0. The van der Waals surface area contributed by atoms with Gasteiger partial charge in [0.15, 0.2) is 0 Å². The lowest BCUT2D eigenvalue weighted by Gasteiger charge is -2.20. The quantitative estimate of drug-likeness (QED) is 0.0320. The molecule has 0 aliphatic heterocycles. The Morgan fingerprint density at radius 3 is 0.925 bits per heavy atom. The van der Waals surface area contributed by atoms with Crippen LogP contribution < -0.4 is 5.32 Å². The van der Waals surface area contributed by atoms with Gasteiger partial charge in [0.25, 0.3) is 0 Å². The van der Waals surface area contributed by atoms with Crippen LogP contribution in [0.25, 0.3) is 0 Å². The number of allylic oxidation sites excluding steroid dienone is 3. The fourth-order valence-corrected chi connectivity index (χ4v) is 11.6. The normalized spacial score (nSPS) is 12.6. The Balaban J connectivity index is 3.29. The molecule has 0 aliphatic carbocycles. The molecule has 0 aromatic carbocycles. The summed E-state index contributed by atoms with van der Waals surface area (Å²) in [5.41, 5.74) is 0. The molecule has 0 radical (unpaired) electrons. The highest BCUT2D eigenvalue weighted by Crippen LogP contribution is 2.19. The number of esters is 1. The smallest absolute Gasteiger partial charge is 0.305 e. The van der Waals surface area contributed by atoms with Crippen molar-refractivity contribution in [2.45, 2.75) is 424 Å². The largest absolute Gasteiger partial charge is 0.466 e. The predicted molar refractivity (Wildman–Crippen MR) is 352 cm³/mol. The minimum absolute atomic E-state index is 0.0131. The van der Waals surface area contributed by atoms with E-state index in [1.165, 1.54) is 340 Å². The summed E-state index contributed by atoms with van der Waals surface area (Å²) in [5.74, 6) is -0.0469. The van der Waals surface area contributed by atoms with Crippen LogP contribution in [-0.2, 0) is 14.3 Å². The lowest BCUT2D eigenvalue weighted by molar-refractivity contribution is -0.143. The van der Waals surface area contributed by atoms with Crippen molar-refractivity contribution in [2.75, 3.05) is 13.2 Å². The molecule has 1 amide bonds. The van der Waals surface area contributed by atoms with Gasteiger partial charge >= 0.3 is 5.97 Å². The van der Waals surface area contributed by atoms with Crippen LogP contribution in [-0.4, -0.2) is 47.4 Å². The molecule has 0 aliphatic rings. The average Bonchev–Trinajstić information content (AvgIpc) is 3.46. The van der Waals surface area contributed by atoms with E-state index in [9.17, 15) is 19.8 Å². The zero-order chi connectivity index (χ0) is 57.8. The van der Waals surface area contributed by atoms with Crippen LogP contribution in [0.5, 0.6) is 0 Å². The van der Waals surface area contributed by atoms with Crippen molar-refractivity contribution in [3.63, 3.8) is 0 Å². The van der Waals surface area contributed by atoms with Crippen LogP contribution in [0.4, 0.5) is 0 Å². The molecule has 2 unspecified atom stereocenters. The van der Waals surface area contributed by atoms with Crippen molar-refractivity contribution in [3.05, 3.63) is 24.3 Å². The third-order valence-corrected chi connectivity index (χ3v) is 17.2. The van der Waals surface area contributed by atoms with E-state index < -0.39 is 12.1 Å². The summed E-state index contributed by atoms with van der Waals surface area (Å²) in [4.78, 5) is 24.5. The van der Waals surface area contributed by atoms with E-state index in [0.717, 1.165) is 44.9 Å². The molecule has 0 aromatic heterocycles. The fourth-order valence-electron chi connectivity index (χ4n) is 11.6. The summed E-state index contributed by atoms with van der Waals surface area (Å²) >= 11 is 0. The second kappa shape index (κ2) is 69.8. The second-order valence-electron chi connectivity index (χ2n) is 25.3. The Morgan fingerprint density at radius 2 is 0.600 bits per heavy atom. The van der Waals surface area contributed by atoms with Crippen molar-refractivity contribution in [3.8, 4) is 0 Å². The first-order valence-electron chi connectivity index (χ1n) is 36.6. The number of amides is 1. The number of carbonyl (C=O) groups is 2. The highest BCUT2D eigenvalue weighted by Gasteiger charge is 2.18. The molecule has 0 aromatic rings. The Kier molecular flexibility index (Phi) is 68.4. The highest BCUT2D eigenvalue weighted by atomic mass is 16.5. The average molecular weight is 1130 g/mol. The van der Waals surface area contributed by atoms with Crippen LogP contribution >= 0.6 is 0 Å². The third-order valence-electron chi connectivity index (χ3n) is 17.2. The molecule has 0 bridgehead atoms. The van der Waals surface area contributed by atoms with Crippen LogP contribution in [0.1, 0.15) is 412 Å². The Bertz CT molecular complexity index is 1250. The van der Waals surface area contributed by atoms with Crippen molar-refractivity contribution in [1.82, 2.24) is 5.32 Å². The van der Waals surface area contributed by atoms with E-state index in [1.54, 1.807) is 6.08 Å². The maximum Gasteiger partial charge on any atom is 0.305 e. The second-order valence-corrected chi connectivity index (χ2v) is 25.3. The number of rotatable bonds is 69. The number of hydrogen-bond donors (Lipinski definition) is 3. The van der Waals surface area contributed by atoms with Crippen LogP contribution in [0.15, 0.2) is 24.3 Å². The SMILES string of the molecule is CCCC/C=C\CCCCCCCC(=O)OCCCCCCCCCCCCCCCCCCCCCCCCCCCCCCCCCCCCCCCCCC(=O)NC(CO)C(O)/C=C/CCCCCCCCCCCCC. The van der Waals surface area contributed by atoms with Gasteiger partial charge in [0.2, 0.25) is 5.91 Å². The van der Waals surface area contributed by atoms with E-state index >= 15 is 0 Å². The van der Waals surface area contributed by atoms with Crippen molar-refractivity contribution >= 4 is 11.9 Å². The van der Waals surface area contributed by atoms with Gasteiger partial charge in [-0.3, -0.25) is 9.59 Å². The molecule has 0 saturated heterocycles. The summed E-state index contributed by atoms with van der Waals surface area (Å²) in [6, 6.07) is -0.622. The topological polar surface area (TPSA) is 95.9 Å². The summed E-state index contributed by atoms with van der Waals surface area (Å²) < 4.78 is 5.47. The number of aliphatic hydroxyl groups is 2. The Morgan fingerprint density at radius 1 is 0.338 bits per heavy atom. The van der Waals surface area contributed by atoms with E-state index in [4.69, 9.17) is 4.74 Å². The van der Waals surface area contributed by atoms with Gasteiger partial charge in [0.1, 0.15) is 0 Å². The van der Waals surface area contributed by atoms with Gasteiger partial charge < -0.3 is 20.3 Å². The first kappa shape index (κ1) is 78.3. The van der Waals surface area contributed by atoms with Gasteiger partial charge in [0.05, 0.1) is 25.4 Å². The minimum Gasteiger partial charge on any atom is -0.466 e. The Hall–Kier alpha value is -1.66. The van der Waals surface area contributed by atoms with Crippen molar-refractivity contribution in [2.24, 2.45) is 0 Å². The maximum absolute atomic E-state index is 12.5. The lowest BCUT2D eigenvalue weighted by Crippen LogP contribution is -2.45. The number of carbonyl (C=O) groups excluding carboxylic acids is 2. The van der Waals surface area contributed by atoms with Crippen molar-refractivity contribution < 1.29 is 24.5 Å². The van der Waals surface area contributed by atoms with E-state index in [0.29, 0.717) is 19.4 Å². The molecular weight excluding hydrogens is 983 g/mol. The van der Waals surface area contributed by atoms with Crippen LogP contribution in [0.3, 0.4) is 0 Å². The van der Waals surface area contributed by atoms with Gasteiger partial charge in [-0.05, 0) is 51.4 Å². The van der Waals surface area contributed by atoms with Gasteiger partial charge in [-0.25, -0.2) is 0 Å². The number of ether oxygens (including phenoxy) is 1. The van der Waals surface area contributed by atoms with Crippen molar-refractivity contribution in [1.29, 1.82) is 0 Å². The van der Waals surface area contributed by atoms with Crippen LogP contribution in [0, 0.1) is 0 Å². The van der Waals surface area contributed by atoms with Gasteiger partial charge in [-0.2, -0.15) is 0 Å². The Labute approximate surface area is 501 Å². The van der Waals surface area contributed by atoms with E-state index in [-0.39, 0.29) is 18.5 Å². The van der Waals surface area contributed by atoms with Crippen LogP contribution in [0.2, 0.25) is 0 Å². The number of unbranched alkanes of at least 4 members (excludes halogenated alkanes) is 56. The predicted octanol–water partition coefficient (Wildman–Crippen LogP) is 23.7. The van der Waals surface area contributed by atoms with Gasteiger partial charge in [-0.1, -0.05) is 372 Å². The molecular formula is C74H143NO5. The number of hydrogen-bond acceptors (Lipinski definition) is 5. The first-order valence-corrected chi connectivity index (χ1v) is 36.6. The standard InChI is InChI=1S/C74H143NO5/c1-3-5-7-9-11-13-15-43-47-50-54-58-62-66-72(77)71(70-76)75-73(78)67-63-59-55-51-48-44-41-39-37-35-33-31-29-27-25-23-21-19-17-16-18-20-22-24-26-28-30-32-34-36-38-40-42-45-49-53-57-61-65-69-80-74(79)68-64-60-56-52-46-14-12-10-8-6-4-2/h10,12,62,66,71-72,76-77H,3-9,11,13-61,63-65,67-70H2,1-2H3,(H,75,78)/b12-10-,66-62+. The molecule has 474 valence electrons. The molecule has 2 atom stereocenters. The zero-order valence-corrected chi connectivity index (χ0v) is 54.3. The summed E-state index contributed by atoms with van der Waals surface area (Å²) in [5, 5.41) is 23.1. The molecule has 0 fully saturated rings. The summed E-state index contributed by atoms with van der Waals surface area (Å²) in [6.45, 7) is 4.89. The molecule has 3 N–H and O–H groups in total. The molecule has 0 rings (SSSR count). The number of aliphatic hydroxyl groups excluding tert-OH is 2. The molecule has 80 heavy (non-hydrogen) atoms. The van der Waals surface area contributed by atoms with E-state index in [2.05, 4.69) is 31.3 Å². The zero-order valence-electron chi connectivity index (χ0n) is 54.3. The van der Waals surface area contributed by atoms with E-state index in [1.807, 2.05) is 6.08 Å². The molecule has 6 nitrogen and oxygen atoms in total. The van der Waals surface area contributed by atoms with Gasteiger partial charge in [0, 0.05) is 12.8 Å². The van der Waals surface area contributed by atoms with Gasteiger partial charge in [-0.15, -0.1) is 0 Å². The first-order chi connectivity index (χ1) is 39.5. The minimum atomic E-state index is -0.839. The summed E-state index contributed by atoms with van der Waals surface area (Å²) in [6.07, 6.45) is 88.7. The third kappa shape index (κ3) is 65.5. The summed E-state index contributed by atoms with van der Waals surface area (Å²) in [7, 11) is 0.